The van der Waals surface area contributed by atoms with E-state index in [2.05, 4.69) is 21.9 Å². The number of hydrogen-bond donors (Lipinski definition) is 1. The van der Waals surface area contributed by atoms with Gasteiger partial charge in [-0.05, 0) is 36.4 Å². The van der Waals surface area contributed by atoms with Gasteiger partial charge in [0.15, 0.2) is 0 Å². The molecule has 0 radical (unpaired) electrons. The smallest absolute Gasteiger partial charge is 0.119 e. The minimum absolute atomic E-state index is 0.321. The molecule has 0 spiro atoms. The van der Waals surface area contributed by atoms with Crippen LogP contribution >= 0.6 is 11.6 Å². The summed E-state index contributed by atoms with van der Waals surface area (Å²) in [5.74, 6) is 0.795. The minimum Gasteiger partial charge on any atom is -0.491 e. The Kier molecular flexibility index (Phi) is 5.96. The third-order valence-electron chi connectivity index (χ3n) is 4.22. The van der Waals surface area contributed by atoms with E-state index in [4.69, 9.17) is 16.3 Å². The van der Waals surface area contributed by atoms with Crippen LogP contribution < -0.4 is 9.64 Å². The van der Waals surface area contributed by atoms with E-state index in [0.717, 1.165) is 37.0 Å². The molecule has 2 aromatic carbocycles. The quantitative estimate of drug-likeness (QED) is 0.872. The van der Waals surface area contributed by atoms with Crippen LogP contribution in [0.3, 0.4) is 0 Å². The van der Waals surface area contributed by atoms with Gasteiger partial charge < -0.3 is 14.7 Å². The topological polar surface area (TPSA) is 35.9 Å². The first-order valence-electron chi connectivity index (χ1n) is 8.29. The maximum Gasteiger partial charge on any atom is 0.119 e. The molecule has 2 aromatic rings. The molecule has 1 fully saturated rings. The molecule has 0 unspecified atom stereocenters. The average Bonchev–Trinajstić information content (AvgIpc) is 2.62. The van der Waals surface area contributed by atoms with E-state index in [1.807, 2.05) is 42.5 Å². The first kappa shape index (κ1) is 17.1. The predicted molar refractivity (Wildman–Crippen MR) is 98.0 cm³/mol. The summed E-state index contributed by atoms with van der Waals surface area (Å²) in [7, 11) is 0. The van der Waals surface area contributed by atoms with Gasteiger partial charge >= 0.3 is 0 Å². The fraction of sp³-hybridized carbons (Fsp3) is 0.368. The van der Waals surface area contributed by atoms with Gasteiger partial charge in [-0.25, -0.2) is 0 Å². The van der Waals surface area contributed by atoms with Crippen molar-refractivity contribution in [3.63, 3.8) is 0 Å². The van der Waals surface area contributed by atoms with Crippen LogP contribution in [-0.2, 0) is 0 Å². The van der Waals surface area contributed by atoms with Gasteiger partial charge in [0.05, 0.1) is 0 Å². The molecule has 1 heterocycles. The zero-order valence-corrected chi connectivity index (χ0v) is 14.4. The number of β-amino-alcohol motifs (C(OH)–C–C–N with tert-alkyl or cyclic N) is 1. The predicted octanol–water partition coefficient (Wildman–Crippen LogP) is 2.90. The second kappa shape index (κ2) is 8.38. The highest BCUT2D eigenvalue weighted by molar-refractivity contribution is 6.30. The molecule has 5 heteroatoms. The monoisotopic (exact) mass is 346 g/mol. The van der Waals surface area contributed by atoms with Crippen LogP contribution in [0, 0.1) is 0 Å². The lowest BCUT2D eigenvalue weighted by atomic mass is 10.2. The van der Waals surface area contributed by atoms with Crippen molar-refractivity contribution >= 4 is 17.3 Å². The second-order valence-electron chi connectivity index (χ2n) is 6.04. The first-order chi connectivity index (χ1) is 11.7. The van der Waals surface area contributed by atoms with Crippen molar-refractivity contribution in [1.29, 1.82) is 0 Å². The highest BCUT2D eigenvalue weighted by Crippen LogP contribution is 2.19. The van der Waals surface area contributed by atoms with Gasteiger partial charge in [-0.3, -0.25) is 4.90 Å². The number of rotatable bonds is 6. The Bertz CT molecular complexity index is 613. The van der Waals surface area contributed by atoms with Gasteiger partial charge in [0, 0.05) is 43.4 Å². The molecular formula is C19H23ClN2O2. The normalized spacial score (nSPS) is 16.8. The largest absolute Gasteiger partial charge is 0.491 e. The van der Waals surface area contributed by atoms with Crippen molar-refractivity contribution in [2.24, 2.45) is 0 Å². The Morgan fingerprint density at radius 2 is 1.62 bits per heavy atom. The molecule has 3 rings (SSSR count). The van der Waals surface area contributed by atoms with Gasteiger partial charge in [-0.2, -0.15) is 0 Å². The van der Waals surface area contributed by atoms with Crippen molar-refractivity contribution in [2.75, 3.05) is 44.2 Å². The summed E-state index contributed by atoms with van der Waals surface area (Å²) >= 11 is 5.94. The number of benzene rings is 2. The lowest BCUT2D eigenvalue weighted by Crippen LogP contribution is -2.49. The van der Waals surface area contributed by atoms with E-state index >= 15 is 0 Å². The fourth-order valence-electron chi connectivity index (χ4n) is 2.90. The highest BCUT2D eigenvalue weighted by atomic mass is 35.5. The van der Waals surface area contributed by atoms with Crippen LogP contribution in [0.4, 0.5) is 5.69 Å². The van der Waals surface area contributed by atoms with Crippen molar-refractivity contribution in [3.8, 4) is 5.75 Å². The summed E-state index contributed by atoms with van der Waals surface area (Å²) in [4.78, 5) is 4.63. The van der Waals surface area contributed by atoms with E-state index in [1.165, 1.54) is 5.69 Å². The molecule has 1 saturated heterocycles. The van der Waals surface area contributed by atoms with E-state index in [1.54, 1.807) is 0 Å². The van der Waals surface area contributed by atoms with Crippen molar-refractivity contribution in [3.05, 3.63) is 59.6 Å². The Labute approximate surface area is 148 Å². The molecule has 0 saturated carbocycles. The third-order valence-corrected chi connectivity index (χ3v) is 4.47. The maximum atomic E-state index is 10.2. The number of nitrogens with zero attached hydrogens (tertiary/aromatic N) is 2. The average molecular weight is 347 g/mol. The van der Waals surface area contributed by atoms with Gasteiger partial charge in [0.1, 0.15) is 18.5 Å². The zero-order valence-electron chi connectivity index (χ0n) is 13.6. The number of para-hydroxylation sites is 1. The standard InChI is InChI=1S/C19H23ClN2O2/c20-16-6-8-17(9-7-16)22-12-10-21(11-13-22)14-18(23)15-24-19-4-2-1-3-5-19/h1-9,18,23H,10-15H2/t18-/m1/s1. The van der Waals surface area contributed by atoms with E-state index in [0.29, 0.717) is 13.2 Å². The number of ether oxygens (including phenoxy) is 1. The second-order valence-corrected chi connectivity index (χ2v) is 6.48. The third kappa shape index (κ3) is 4.87. The summed E-state index contributed by atoms with van der Waals surface area (Å²) in [6, 6.07) is 17.6. The molecule has 128 valence electrons. The minimum atomic E-state index is -0.479. The van der Waals surface area contributed by atoms with E-state index in [-0.39, 0.29) is 0 Å². The molecule has 0 aromatic heterocycles. The lowest BCUT2D eigenvalue weighted by molar-refractivity contribution is 0.0663. The van der Waals surface area contributed by atoms with Gasteiger partial charge in [0.25, 0.3) is 0 Å². The molecule has 0 amide bonds. The molecule has 1 aliphatic rings. The molecule has 24 heavy (non-hydrogen) atoms. The van der Waals surface area contributed by atoms with Gasteiger partial charge in [-0.15, -0.1) is 0 Å². The highest BCUT2D eigenvalue weighted by Gasteiger charge is 2.19. The molecule has 0 aliphatic carbocycles. The Morgan fingerprint density at radius 3 is 2.29 bits per heavy atom. The maximum absolute atomic E-state index is 10.2. The first-order valence-corrected chi connectivity index (χ1v) is 8.67. The van der Waals surface area contributed by atoms with Crippen molar-refractivity contribution in [1.82, 2.24) is 4.90 Å². The summed E-state index contributed by atoms with van der Waals surface area (Å²) in [6.07, 6.45) is -0.479. The summed E-state index contributed by atoms with van der Waals surface area (Å²) in [6.45, 7) is 4.74. The van der Waals surface area contributed by atoms with Crippen LogP contribution in [0.15, 0.2) is 54.6 Å². The van der Waals surface area contributed by atoms with E-state index < -0.39 is 6.10 Å². The summed E-state index contributed by atoms with van der Waals surface area (Å²) in [5.41, 5.74) is 1.20. The lowest BCUT2D eigenvalue weighted by Gasteiger charge is -2.36. The number of anilines is 1. The number of halogens is 1. The number of hydrogen-bond acceptors (Lipinski definition) is 4. The van der Waals surface area contributed by atoms with Crippen LogP contribution in [0.5, 0.6) is 5.75 Å². The summed E-state index contributed by atoms with van der Waals surface area (Å²) in [5, 5.41) is 10.9. The molecule has 4 nitrogen and oxygen atoms in total. The molecule has 0 bridgehead atoms. The van der Waals surface area contributed by atoms with Gasteiger partial charge in [-0.1, -0.05) is 29.8 Å². The Hall–Kier alpha value is -1.75. The van der Waals surface area contributed by atoms with E-state index in [9.17, 15) is 5.11 Å². The molecule has 1 aliphatic heterocycles. The zero-order chi connectivity index (χ0) is 16.8. The number of aliphatic hydroxyl groups is 1. The van der Waals surface area contributed by atoms with Crippen LogP contribution in [0.2, 0.25) is 5.02 Å². The van der Waals surface area contributed by atoms with Gasteiger partial charge in [0.2, 0.25) is 0 Å². The van der Waals surface area contributed by atoms with Crippen LogP contribution in [0.25, 0.3) is 0 Å². The Balaban J connectivity index is 1.41. The molecule has 1 atom stereocenters. The molecular weight excluding hydrogens is 324 g/mol. The van der Waals surface area contributed by atoms with Crippen molar-refractivity contribution < 1.29 is 9.84 Å². The fourth-order valence-corrected chi connectivity index (χ4v) is 3.03. The Morgan fingerprint density at radius 1 is 0.958 bits per heavy atom. The van der Waals surface area contributed by atoms with Crippen molar-refractivity contribution in [2.45, 2.75) is 6.10 Å². The number of piperazine rings is 1. The number of aliphatic hydroxyl groups excluding tert-OH is 1. The SMILES string of the molecule is O[C@@H](COc1ccccc1)CN1CCN(c2ccc(Cl)cc2)CC1. The summed E-state index contributed by atoms with van der Waals surface area (Å²) < 4.78 is 5.61. The molecule has 1 N–H and O–H groups in total. The van der Waals surface area contributed by atoms with Crippen LogP contribution in [0.1, 0.15) is 0 Å². The van der Waals surface area contributed by atoms with Crippen LogP contribution in [-0.4, -0.2) is 55.4 Å².